The maximum Gasteiger partial charge on any atom is 0.409 e. The van der Waals surface area contributed by atoms with Gasteiger partial charge in [-0.1, -0.05) is 0 Å². The minimum Gasteiger partial charge on any atom is -0.453 e. The molecule has 1 N–H and O–H groups in total. The number of ether oxygens (including phenoxy) is 1. The van der Waals surface area contributed by atoms with Crippen molar-refractivity contribution >= 4 is 23.2 Å². The Kier molecular flexibility index (Phi) is 5.02. The van der Waals surface area contributed by atoms with Crippen molar-refractivity contribution in [2.75, 3.05) is 20.2 Å². The predicted molar refractivity (Wildman–Crippen MR) is 95.4 cm³/mol. The maximum atomic E-state index is 12.6. The van der Waals surface area contributed by atoms with Crippen molar-refractivity contribution in [2.24, 2.45) is 14.1 Å². The average molecular weight is 378 g/mol. The quantitative estimate of drug-likeness (QED) is 0.715. The van der Waals surface area contributed by atoms with Gasteiger partial charge in [-0.05, 0) is 12.8 Å². The Morgan fingerprint density at radius 3 is 2.56 bits per heavy atom. The summed E-state index contributed by atoms with van der Waals surface area (Å²) < 4.78 is 8.35. The van der Waals surface area contributed by atoms with Crippen LogP contribution in [0.25, 0.3) is 11.2 Å². The minimum absolute atomic E-state index is 0.126. The van der Waals surface area contributed by atoms with Crippen LogP contribution >= 0.6 is 0 Å². The van der Waals surface area contributed by atoms with Gasteiger partial charge in [0.05, 0.1) is 13.4 Å². The maximum absolute atomic E-state index is 12.6. The van der Waals surface area contributed by atoms with E-state index < -0.39 is 17.2 Å². The molecule has 0 unspecified atom stereocenters. The Labute approximate surface area is 154 Å². The lowest BCUT2D eigenvalue weighted by atomic mass is 10.1. The normalized spacial score (nSPS) is 15.1. The molecule has 11 nitrogen and oxygen atoms in total. The second-order valence-corrected chi connectivity index (χ2v) is 6.56. The Morgan fingerprint density at radius 1 is 1.26 bits per heavy atom. The molecule has 0 spiro atoms. The molecule has 0 bridgehead atoms. The minimum atomic E-state index is -0.595. The van der Waals surface area contributed by atoms with Gasteiger partial charge in [-0.3, -0.25) is 14.2 Å². The van der Waals surface area contributed by atoms with Crippen LogP contribution in [0.2, 0.25) is 0 Å². The number of fused-ring (bicyclic) bond motifs is 1. The van der Waals surface area contributed by atoms with Crippen LogP contribution in [0.5, 0.6) is 0 Å². The summed E-state index contributed by atoms with van der Waals surface area (Å²) in [4.78, 5) is 54.5. The molecule has 27 heavy (non-hydrogen) atoms. The van der Waals surface area contributed by atoms with Crippen LogP contribution in [-0.4, -0.2) is 61.8 Å². The Morgan fingerprint density at radius 2 is 1.93 bits per heavy atom. The fraction of sp³-hybridized carbons (Fsp3) is 0.562. The molecule has 0 saturated carbocycles. The zero-order valence-corrected chi connectivity index (χ0v) is 15.5. The topological polar surface area (TPSA) is 120 Å². The van der Waals surface area contributed by atoms with Gasteiger partial charge in [-0.2, -0.15) is 0 Å². The number of amides is 2. The Hall–Kier alpha value is -3.11. The standard InChI is InChI=1S/C16H22N6O5/c1-19-9-17-13-12(19)14(24)22(15(25)20(13)2)8-11(23)18-10-4-6-21(7-5-10)16(26)27-3/h9-10H,4-8H2,1-3H3,(H,18,23). The van der Waals surface area contributed by atoms with E-state index in [4.69, 9.17) is 0 Å². The molecule has 0 aromatic carbocycles. The van der Waals surface area contributed by atoms with Gasteiger partial charge in [0.1, 0.15) is 6.54 Å². The summed E-state index contributed by atoms with van der Waals surface area (Å²) in [6.07, 6.45) is 2.22. The van der Waals surface area contributed by atoms with Crippen molar-refractivity contribution in [1.29, 1.82) is 0 Å². The van der Waals surface area contributed by atoms with E-state index in [1.54, 1.807) is 11.9 Å². The highest BCUT2D eigenvalue weighted by atomic mass is 16.5. The van der Waals surface area contributed by atoms with Crippen molar-refractivity contribution in [3.8, 4) is 0 Å². The summed E-state index contributed by atoms with van der Waals surface area (Å²) in [6, 6.07) is -0.126. The highest BCUT2D eigenvalue weighted by molar-refractivity contribution is 5.77. The lowest BCUT2D eigenvalue weighted by Crippen LogP contribution is -2.49. The highest BCUT2D eigenvalue weighted by Crippen LogP contribution is 2.11. The summed E-state index contributed by atoms with van der Waals surface area (Å²) >= 11 is 0. The monoisotopic (exact) mass is 378 g/mol. The number of hydrogen-bond acceptors (Lipinski definition) is 6. The summed E-state index contributed by atoms with van der Waals surface area (Å²) in [7, 11) is 4.49. The summed E-state index contributed by atoms with van der Waals surface area (Å²) in [6.45, 7) is 0.574. The molecule has 2 aromatic rings. The fourth-order valence-corrected chi connectivity index (χ4v) is 3.29. The Bertz CT molecular complexity index is 995. The SMILES string of the molecule is COC(=O)N1CCC(NC(=O)Cn2c(=O)c3c(ncn3C)n(C)c2=O)CC1. The van der Waals surface area contributed by atoms with Gasteiger partial charge in [0.2, 0.25) is 5.91 Å². The largest absolute Gasteiger partial charge is 0.453 e. The molecule has 11 heteroatoms. The number of methoxy groups -OCH3 is 1. The number of nitrogens with zero attached hydrogens (tertiary/aromatic N) is 5. The molecule has 1 fully saturated rings. The third-order valence-corrected chi connectivity index (χ3v) is 4.80. The van der Waals surface area contributed by atoms with Gasteiger partial charge in [-0.15, -0.1) is 0 Å². The first kappa shape index (κ1) is 18.7. The van der Waals surface area contributed by atoms with Gasteiger partial charge < -0.3 is 19.5 Å². The molecule has 1 aliphatic heterocycles. The van der Waals surface area contributed by atoms with Gasteiger partial charge in [0.15, 0.2) is 11.2 Å². The third-order valence-electron chi connectivity index (χ3n) is 4.80. The third kappa shape index (κ3) is 3.44. The summed E-state index contributed by atoms with van der Waals surface area (Å²) in [5.74, 6) is -0.424. The first-order valence-electron chi connectivity index (χ1n) is 8.56. The van der Waals surface area contributed by atoms with Crippen molar-refractivity contribution in [2.45, 2.75) is 25.4 Å². The second kappa shape index (κ2) is 7.25. The molecular weight excluding hydrogens is 356 g/mol. The van der Waals surface area contributed by atoms with Crippen LogP contribution in [0.15, 0.2) is 15.9 Å². The molecule has 146 valence electrons. The van der Waals surface area contributed by atoms with Crippen molar-refractivity contribution < 1.29 is 14.3 Å². The van der Waals surface area contributed by atoms with Crippen LogP contribution < -0.4 is 16.6 Å². The predicted octanol–water partition coefficient (Wildman–Crippen LogP) is -1.22. The molecule has 3 rings (SSSR count). The van der Waals surface area contributed by atoms with E-state index in [-0.39, 0.29) is 29.8 Å². The molecule has 1 saturated heterocycles. The number of carbonyl (C=O) groups excluding carboxylic acids is 2. The van der Waals surface area contributed by atoms with E-state index in [1.807, 2.05) is 0 Å². The average Bonchev–Trinajstić information content (AvgIpc) is 3.05. The number of imidazole rings is 1. The number of aromatic nitrogens is 4. The molecule has 2 amide bonds. The number of likely N-dealkylation sites (tertiary alicyclic amines) is 1. The van der Waals surface area contributed by atoms with E-state index in [0.717, 1.165) is 4.57 Å². The van der Waals surface area contributed by atoms with Gasteiger partial charge >= 0.3 is 11.8 Å². The van der Waals surface area contributed by atoms with Crippen LogP contribution in [0.1, 0.15) is 12.8 Å². The second-order valence-electron chi connectivity index (χ2n) is 6.56. The van der Waals surface area contributed by atoms with Crippen molar-refractivity contribution in [3.63, 3.8) is 0 Å². The number of hydrogen-bond donors (Lipinski definition) is 1. The van der Waals surface area contributed by atoms with Crippen molar-refractivity contribution in [1.82, 2.24) is 28.9 Å². The molecule has 2 aromatic heterocycles. The molecule has 0 atom stereocenters. The molecule has 0 radical (unpaired) electrons. The van der Waals surface area contributed by atoms with E-state index in [9.17, 15) is 19.2 Å². The number of carbonyl (C=O) groups is 2. The highest BCUT2D eigenvalue weighted by Gasteiger charge is 2.25. The van der Waals surface area contributed by atoms with E-state index in [0.29, 0.717) is 25.9 Å². The molecule has 1 aliphatic rings. The fourth-order valence-electron chi connectivity index (χ4n) is 3.29. The van der Waals surface area contributed by atoms with Crippen LogP contribution in [-0.2, 0) is 30.2 Å². The van der Waals surface area contributed by atoms with E-state index >= 15 is 0 Å². The van der Waals surface area contributed by atoms with Gasteiger partial charge in [0, 0.05) is 33.2 Å². The molecule has 0 aliphatic carbocycles. The molecular formula is C16H22N6O5. The van der Waals surface area contributed by atoms with Gasteiger partial charge in [0.25, 0.3) is 5.56 Å². The zero-order chi connectivity index (χ0) is 19.7. The Balaban J connectivity index is 1.72. The molecule has 3 heterocycles. The van der Waals surface area contributed by atoms with E-state index in [2.05, 4.69) is 15.0 Å². The number of aryl methyl sites for hydroxylation is 2. The first-order chi connectivity index (χ1) is 12.8. The zero-order valence-electron chi connectivity index (χ0n) is 15.5. The van der Waals surface area contributed by atoms with Gasteiger partial charge in [-0.25, -0.2) is 19.1 Å². The summed E-state index contributed by atoms with van der Waals surface area (Å²) in [5.41, 5.74) is -0.610. The number of rotatable bonds is 3. The van der Waals surface area contributed by atoms with Crippen LogP contribution in [0.4, 0.5) is 4.79 Å². The lowest BCUT2D eigenvalue weighted by molar-refractivity contribution is -0.122. The summed E-state index contributed by atoms with van der Waals surface area (Å²) in [5, 5.41) is 2.83. The first-order valence-corrected chi connectivity index (χ1v) is 8.56. The number of nitrogens with one attached hydrogen (secondary N) is 1. The van der Waals surface area contributed by atoms with Crippen molar-refractivity contribution in [3.05, 3.63) is 27.2 Å². The lowest BCUT2D eigenvalue weighted by Gasteiger charge is -2.31. The van der Waals surface area contributed by atoms with E-state index in [1.165, 1.54) is 29.6 Å². The van der Waals surface area contributed by atoms with Crippen LogP contribution in [0, 0.1) is 0 Å². The smallest absolute Gasteiger partial charge is 0.409 e. The van der Waals surface area contributed by atoms with Crippen LogP contribution in [0.3, 0.4) is 0 Å². The number of piperidine rings is 1.